The topological polar surface area (TPSA) is 51.0 Å². The average molecular weight is 324 g/mol. The first-order valence-corrected chi connectivity index (χ1v) is 8.99. The standard InChI is InChI=1S/C19H24N4O/c24-19(17-6-7-17)22-10-8-15(9-11-22)12-18-21-20-14-23(18)13-16-4-2-1-3-5-16/h1-5,14-15,17H,6-13H2. The minimum Gasteiger partial charge on any atom is -0.342 e. The van der Waals surface area contributed by atoms with Crippen LogP contribution in [0.25, 0.3) is 0 Å². The van der Waals surface area contributed by atoms with E-state index in [1.54, 1.807) is 0 Å². The molecule has 1 saturated heterocycles. The van der Waals surface area contributed by atoms with E-state index in [2.05, 4.69) is 43.9 Å². The molecule has 0 radical (unpaired) electrons. The van der Waals surface area contributed by atoms with Gasteiger partial charge in [0.25, 0.3) is 0 Å². The number of hydrogen-bond acceptors (Lipinski definition) is 3. The lowest BCUT2D eigenvalue weighted by Gasteiger charge is -2.32. The van der Waals surface area contributed by atoms with E-state index in [1.165, 1.54) is 5.56 Å². The molecule has 2 heterocycles. The molecule has 2 aromatic rings. The molecule has 0 spiro atoms. The monoisotopic (exact) mass is 324 g/mol. The van der Waals surface area contributed by atoms with E-state index in [0.717, 1.165) is 57.6 Å². The van der Waals surface area contributed by atoms with E-state index in [1.807, 2.05) is 12.4 Å². The first kappa shape index (κ1) is 15.4. The van der Waals surface area contributed by atoms with Gasteiger partial charge in [-0.15, -0.1) is 10.2 Å². The molecule has 0 N–H and O–H groups in total. The summed E-state index contributed by atoms with van der Waals surface area (Å²) in [6.45, 7) is 2.64. The van der Waals surface area contributed by atoms with Gasteiger partial charge in [-0.25, -0.2) is 0 Å². The second kappa shape index (κ2) is 6.75. The summed E-state index contributed by atoms with van der Waals surface area (Å²) in [6, 6.07) is 10.4. The largest absolute Gasteiger partial charge is 0.342 e. The Morgan fingerprint density at radius 1 is 1.08 bits per heavy atom. The van der Waals surface area contributed by atoms with Crippen LogP contribution in [0.5, 0.6) is 0 Å². The number of carbonyl (C=O) groups excluding carboxylic acids is 1. The lowest BCUT2D eigenvalue weighted by Crippen LogP contribution is -2.39. The highest BCUT2D eigenvalue weighted by Gasteiger charge is 2.35. The van der Waals surface area contributed by atoms with Crippen LogP contribution in [-0.4, -0.2) is 38.7 Å². The summed E-state index contributed by atoms with van der Waals surface area (Å²) >= 11 is 0. The molecule has 0 atom stereocenters. The van der Waals surface area contributed by atoms with Crippen molar-refractivity contribution < 1.29 is 4.79 Å². The first-order valence-electron chi connectivity index (χ1n) is 8.99. The molecule has 126 valence electrons. The highest BCUT2D eigenvalue weighted by Crippen LogP contribution is 2.32. The van der Waals surface area contributed by atoms with Crippen molar-refractivity contribution in [3.63, 3.8) is 0 Å². The van der Waals surface area contributed by atoms with Gasteiger partial charge in [0.2, 0.25) is 5.91 Å². The Morgan fingerprint density at radius 3 is 2.54 bits per heavy atom. The van der Waals surface area contributed by atoms with E-state index >= 15 is 0 Å². The average Bonchev–Trinajstić information content (AvgIpc) is 3.39. The Hall–Kier alpha value is -2.17. The molecule has 1 aliphatic carbocycles. The number of rotatable bonds is 5. The Bertz CT molecular complexity index is 684. The highest BCUT2D eigenvalue weighted by molar-refractivity contribution is 5.81. The van der Waals surface area contributed by atoms with Crippen molar-refractivity contribution in [1.29, 1.82) is 0 Å². The molecule has 1 amide bonds. The van der Waals surface area contributed by atoms with Gasteiger partial charge in [-0.2, -0.15) is 0 Å². The first-order chi connectivity index (χ1) is 11.8. The van der Waals surface area contributed by atoms with Crippen LogP contribution in [0.3, 0.4) is 0 Å². The maximum Gasteiger partial charge on any atom is 0.225 e. The third-order valence-corrected chi connectivity index (χ3v) is 5.22. The van der Waals surface area contributed by atoms with E-state index in [-0.39, 0.29) is 0 Å². The van der Waals surface area contributed by atoms with Gasteiger partial charge >= 0.3 is 0 Å². The van der Waals surface area contributed by atoms with Crippen molar-refractivity contribution in [3.05, 3.63) is 48.0 Å². The molecule has 5 nitrogen and oxygen atoms in total. The van der Waals surface area contributed by atoms with E-state index < -0.39 is 0 Å². The maximum absolute atomic E-state index is 12.1. The fraction of sp³-hybridized carbons (Fsp3) is 0.526. The van der Waals surface area contributed by atoms with Crippen LogP contribution < -0.4 is 0 Å². The Balaban J connectivity index is 1.33. The zero-order valence-corrected chi connectivity index (χ0v) is 14.0. The minimum atomic E-state index is 0.343. The fourth-order valence-electron chi connectivity index (χ4n) is 3.55. The lowest BCUT2D eigenvalue weighted by atomic mass is 9.93. The predicted octanol–water partition coefficient (Wildman–Crippen LogP) is 2.52. The number of benzene rings is 1. The summed E-state index contributed by atoms with van der Waals surface area (Å²) in [6.07, 6.45) is 7.14. The van der Waals surface area contributed by atoms with Crippen molar-refractivity contribution >= 4 is 5.91 Å². The maximum atomic E-state index is 12.1. The van der Waals surface area contributed by atoms with Crippen LogP contribution in [0.4, 0.5) is 0 Å². The SMILES string of the molecule is O=C(C1CC1)N1CCC(Cc2nncn2Cc2ccccc2)CC1. The number of aromatic nitrogens is 3. The van der Waals surface area contributed by atoms with Gasteiger partial charge in [0.05, 0.1) is 6.54 Å². The number of piperidine rings is 1. The summed E-state index contributed by atoms with van der Waals surface area (Å²) in [5.74, 6) is 2.40. The number of nitrogens with zero attached hydrogens (tertiary/aromatic N) is 4. The van der Waals surface area contributed by atoms with Crippen LogP contribution in [-0.2, 0) is 17.8 Å². The molecule has 0 bridgehead atoms. The number of hydrogen-bond donors (Lipinski definition) is 0. The van der Waals surface area contributed by atoms with Crippen molar-refractivity contribution in [2.24, 2.45) is 11.8 Å². The summed E-state index contributed by atoms with van der Waals surface area (Å²) in [7, 11) is 0. The molecule has 1 aromatic carbocycles. The zero-order valence-electron chi connectivity index (χ0n) is 14.0. The van der Waals surface area contributed by atoms with Crippen molar-refractivity contribution in [1.82, 2.24) is 19.7 Å². The predicted molar refractivity (Wildman–Crippen MR) is 91.3 cm³/mol. The van der Waals surface area contributed by atoms with Crippen LogP contribution >= 0.6 is 0 Å². The summed E-state index contributed by atoms with van der Waals surface area (Å²) in [5.41, 5.74) is 1.27. The van der Waals surface area contributed by atoms with Crippen LogP contribution in [0.15, 0.2) is 36.7 Å². The smallest absolute Gasteiger partial charge is 0.225 e. The van der Waals surface area contributed by atoms with E-state index in [9.17, 15) is 4.79 Å². The molecule has 4 rings (SSSR count). The summed E-state index contributed by atoms with van der Waals surface area (Å²) in [5, 5.41) is 8.44. The normalized spacial score (nSPS) is 18.8. The van der Waals surface area contributed by atoms with Gasteiger partial charge in [-0.05, 0) is 37.2 Å². The molecular weight excluding hydrogens is 300 g/mol. The second-order valence-corrected chi connectivity index (χ2v) is 7.11. The third kappa shape index (κ3) is 3.50. The van der Waals surface area contributed by atoms with Gasteiger partial charge in [-0.1, -0.05) is 30.3 Å². The summed E-state index contributed by atoms with van der Waals surface area (Å²) < 4.78 is 2.15. The quantitative estimate of drug-likeness (QED) is 0.849. The van der Waals surface area contributed by atoms with E-state index in [0.29, 0.717) is 17.7 Å². The molecular formula is C19H24N4O. The molecule has 2 fully saturated rings. The minimum absolute atomic E-state index is 0.343. The zero-order chi connectivity index (χ0) is 16.4. The Kier molecular flexibility index (Phi) is 4.32. The lowest BCUT2D eigenvalue weighted by molar-refractivity contribution is -0.133. The second-order valence-electron chi connectivity index (χ2n) is 7.11. The molecule has 1 aromatic heterocycles. The van der Waals surface area contributed by atoms with Crippen LogP contribution in [0.1, 0.15) is 37.1 Å². The Labute approximate surface area is 142 Å². The van der Waals surface area contributed by atoms with Crippen LogP contribution in [0, 0.1) is 11.8 Å². The molecule has 0 unspecified atom stereocenters. The molecule has 1 saturated carbocycles. The van der Waals surface area contributed by atoms with Crippen LogP contribution in [0.2, 0.25) is 0 Å². The van der Waals surface area contributed by atoms with Crippen molar-refractivity contribution in [2.45, 2.75) is 38.6 Å². The number of likely N-dealkylation sites (tertiary alicyclic amines) is 1. The number of amides is 1. The van der Waals surface area contributed by atoms with Crippen molar-refractivity contribution in [3.8, 4) is 0 Å². The third-order valence-electron chi connectivity index (χ3n) is 5.22. The summed E-state index contributed by atoms with van der Waals surface area (Å²) in [4.78, 5) is 14.2. The molecule has 24 heavy (non-hydrogen) atoms. The Morgan fingerprint density at radius 2 is 1.83 bits per heavy atom. The van der Waals surface area contributed by atoms with Gasteiger partial charge in [0, 0.05) is 25.4 Å². The molecule has 2 aliphatic rings. The van der Waals surface area contributed by atoms with Gasteiger partial charge in [0.1, 0.15) is 12.2 Å². The van der Waals surface area contributed by atoms with Gasteiger partial charge < -0.3 is 9.47 Å². The van der Waals surface area contributed by atoms with Crippen molar-refractivity contribution in [2.75, 3.05) is 13.1 Å². The van der Waals surface area contributed by atoms with Gasteiger partial charge in [0.15, 0.2) is 0 Å². The van der Waals surface area contributed by atoms with Gasteiger partial charge in [-0.3, -0.25) is 4.79 Å². The molecule has 1 aliphatic heterocycles. The highest BCUT2D eigenvalue weighted by atomic mass is 16.2. The number of carbonyl (C=O) groups is 1. The molecule has 5 heteroatoms. The van der Waals surface area contributed by atoms with E-state index in [4.69, 9.17) is 0 Å². The fourth-order valence-corrected chi connectivity index (χ4v) is 3.55.